The summed E-state index contributed by atoms with van der Waals surface area (Å²) in [5.74, 6) is -0.786. The maximum Gasteiger partial charge on any atom is 0.306 e. The van der Waals surface area contributed by atoms with Crippen molar-refractivity contribution in [1.29, 1.82) is 0 Å². The normalized spacial score (nSPS) is 22.8. The molecule has 1 fully saturated rings. The van der Waals surface area contributed by atoms with Crippen LogP contribution in [-0.2, 0) is 24.2 Å². The Morgan fingerprint density at radius 3 is 2.63 bits per heavy atom. The van der Waals surface area contributed by atoms with Crippen molar-refractivity contribution in [3.05, 3.63) is 40.4 Å². The summed E-state index contributed by atoms with van der Waals surface area (Å²) in [5.41, 5.74) is 3.73. The van der Waals surface area contributed by atoms with E-state index in [-0.39, 0.29) is 5.92 Å². The molecular weight excluding hydrogens is 358 g/mol. The highest BCUT2D eigenvalue weighted by molar-refractivity contribution is 7.15. The van der Waals surface area contributed by atoms with Gasteiger partial charge in [0.15, 0.2) is 0 Å². The number of aliphatic carboxylic acids is 1. The molecule has 0 amide bonds. The topological polar surface area (TPSA) is 74.2 Å². The number of thiazole rings is 1. The van der Waals surface area contributed by atoms with E-state index in [1.165, 1.54) is 21.7 Å². The number of nitrogens with zero attached hydrogens (tertiary/aromatic N) is 1. The van der Waals surface area contributed by atoms with E-state index in [1.54, 1.807) is 0 Å². The molecule has 0 bridgehead atoms. The first-order valence-corrected chi connectivity index (χ1v) is 10.8. The van der Waals surface area contributed by atoms with Gasteiger partial charge in [0.05, 0.1) is 11.6 Å². The lowest BCUT2D eigenvalue weighted by Crippen LogP contribution is -2.34. The highest BCUT2D eigenvalue weighted by Crippen LogP contribution is 2.30. The number of fused-ring (bicyclic) bond motifs is 1. The van der Waals surface area contributed by atoms with Crippen molar-refractivity contribution in [2.45, 2.75) is 51.1 Å². The van der Waals surface area contributed by atoms with E-state index in [1.807, 2.05) is 11.3 Å². The quantitative estimate of drug-likeness (QED) is 0.737. The number of nitrogens with one attached hydrogen (secondary N) is 2. The molecule has 0 saturated heterocycles. The van der Waals surface area contributed by atoms with Crippen LogP contribution in [0.4, 0.5) is 0 Å². The van der Waals surface area contributed by atoms with Gasteiger partial charge >= 0.3 is 5.97 Å². The molecule has 27 heavy (non-hydrogen) atoms. The molecule has 0 spiro atoms. The molecule has 3 N–H and O–H groups in total. The van der Waals surface area contributed by atoms with Crippen molar-refractivity contribution in [3.8, 4) is 10.6 Å². The molecule has 1 aliphatic heterocycles. The molecule has 6 heteroatoms. The smallest absolute Gasteiger partial charge is 0.306 e. The zero-order valence-corrected chi connectivity index (χ0v) is 16.4. The summed E-state index contributed by atoms with van der Waals surface area (Å²) in [4.78, 5) is 17.3. The first-order valence-electron chi connectivity index (χ1n) is 9.94. The third kappa shape index (κ3) is 4.57. The maximum atomic E-state index is 11.0. The number of benzene rings is 1. The fourth-order valence-electron chi connectivity index (χ4n) is 4.00. The Bertz CT molecular complexity index is 756. The Balaban J connectivity index is 1.32. The molecule has 1 aliphatic carbocycles. The lowest BCUT2D eigenvalue weighted by Gasteiger charge is -2.27. The standard InChI is InChI=1S/C21H27N3O2S/c25-21(26)16-5-7-17(8-6-16)23-13-14-1-3-15(4-2-14)20-24-18-9-11-22-12-10-19(18)27-20/h1-4,16-17,22-23H,5-13H2,(H,25,26)/t16-,17-. The Morgan fingerprint density at radius 2 is 1.89 bits per heavy atom. The molecule has 1 saturated carbocycles. The lowest BCUT2D eigenvalue weighted by molar-refractivity contribution is -0.142. The van der Waals surface area contributed by atoms with Crippen LogP contribution in [0.25, 0.3) is 10.6 Å². The molecule has 5 nitrogen and oxygen atoms in total. The van der Waals surface area contributed by atoms with Crippen molar-refractivity contribution in [1.82, 2.24) is 15.6 Å². The molecule has 0 atom stereocenters. The number of aromatic nitrogens is 1. The van der Waals surface area contributed by atoms with E-state index in [2.05, 4.69) is 34.9 Å². The third-order valence-corrected chi connectivity index (χ3v) is 6.92. The molecule has 2 aliphatic rings. The summed E-state index contributed by atoms with van der Waals surface area (Å²) in [5, 5.41) is 17.2. The van der Waals surface area contributed by atoms with Gasteiger partial charge in [-0.1, -0.05) is 24.3 Å². The molecule has 1 aromatic heterocycles. The molecule has 1 aromatic carbocycles. The van der Waals surface area contributed by atoms with Gasteiger partial charge in [-0.15, -0.1) is 11.3 Å². The second-order valence-electron chi connectivity index (χ2n) is 7.60. The molecule has 4 rings (SSSR count). The summed E-state index contributed by atoms with van der Waals surface area (Å²) < 4.78 is 0. The Labute approximate surface area is 164 Å². The van der Waals surface area contributed by atoms with Crippen molar-refractivity contribution in [3.63, 3.8) is 0 Å². The minimum absolute atomic E-state index is 0.147. The number of carboxylic acids is 1. The zero-order valence-electron chi connectivity index (χ0n) is 15.5. The largest absolute Gasteiger partial charge is 0.481 e. The predicted molar refractivity (Wildman–Crippen MR) is 108 cm³/mol. The van der Waals surface area contributed by atoms with Crippen molar-refractivity contribution in [2.75, 3.05) is 13.1 Å². The van der Waals surface area contributed by atoms with Crippen LogP contribution in [-0.4, -0.2) is 35.2 Å². The first kappa shape index (κ1) is 18.6. The van der Waals surface area contributed by atoms with E-state index >= 15 is 0 Å². The highest BCUT2D eigenvalue weighted by Gasteiger charge is 2.25. The zero-order chi connectivity index (χ0) is 18.6. The Hall–Kier alpha value is -1.76. The van der Waals surface area contributed by atoms with E-state index in [0.717, 1.165) is 63.2 Å². The average Bonchev–Trinajstić information content (AvgIpc) is 2.97. The van der Waals surface area contributed by atoms with Crippen LogP contribution >= 0.6 is 11.3 Å². The van der Waals surface area contributed by atoms with Crippen LogP contribution < -0.4 is 10.6 Å². The fourth-order valence-corrected chi connectivity index (χ4v) is 5.12. The SMILES string of the molecule is O=C(O)[C@H]1CC[C@H](NCc2ccc(-c3nc4c(s3)CCNCC4)cc2)CC1. The minimum Gasteiger partial charge on any atom is -0.481 e. The fraction of sp³-hybridized carbons (Fsp3) is 0.524. The molecule has 144 valence electrons. The van der Waals surface area contributed by atoms with Gasteiger partial charge in [-0.2, -0.15) is 0 Å². The molecule has 0 unspecified atom stereocenters. The summed E-state index contributed by atoms with van der Waals surface area (Å²) in [6.45, 7) is 2.91. The Morgan fingerprint density at radius 1 is 1.15 bits per heavy atom. The van der Waals surface area contributed by atoms with Gasteiger partial charge in [0, 0.05) is 42.5 Å². The van der Waals surface area contributed by atoms with Gasteiger partial charge in [0.25, 0.3) is 0 Å². The van der Waals surface area contributed by atoms with Crippen LogP contribution in [0.15, 0.2) is 24.3 Å². The molecule has 2 heterocycles. The van der Waals surface area contributed by atoms with Crippen LogP contribution in [0.3, 0.4) is 0 Å². The van der Waals surface area contributed by atoms with Crippen molar-refractivity contribution >= 4 is 17.3 Å². The molecule has 0 radical (unpaired) electrons. The maximum absolute atomic E-state index is 11.0. The van der Waals surface area contributed by atoms with E-state index in [9.17, 15) is 4.79 Å². The van der Waals surface area contributed by atoms with Gasteiger partial charge in [-0.05, 0) is 37.7 Å². The van der Waals surface area contributed by atoms with Gasteiger partial charge in [-0.25, -0.2) is 4.98 Å². The monoisotopic (exact) mass is 385 g/mol. The van der Waals surface area contributed by atoms with E-state index in [4.69, 9.17) is 10.1 Å². The summed E-state index contributed by atoms with van der Waals surface area (Å²) in [7, 11) is 0. The Kier molecular flexibility index (Phi) is 5.86. The van der Waals surface area contributed by atoms with Gasteiger partial charge in [-0.3, -0.25) is 4.79 Å². The average molecular weight is 386 g/mol. The first-order chi connectivity index (χ1) is 13.2. The number of carboxylic acid groups (broad SMARTS) is 1. The van der Waals surface area contributed by atoms with Crippen molar-refractivity contribution in [2.24, 2.45) is 5.92 Å². The van der Waals surface area contributed by atoms with E-state index in [0.29, 0.717) is 6.04 Å². The van der Waals surface area contributed by atoms with Gasteiger partial charge < -0.3 is 15.7 Å². The number of rotatable bonds is 5. The summed E-state index contributed by atoms with van der Waals surface area (Å²) in [6.07, 6.45) is 5.59. The number of hydrogen-bond donors (Lipinski definition) is 3. The predicted octanol–water partition coefficient (Wildman–Crippen LogP) is 3.23. The van der Waals surface area contributed by atoms with Crippen LogP contribution in [0.1, 0.15) is 41.8 Å². The highest BCUT2D eigenvalue weighted by atomic mass is 32.1. The van der Waals surface area contributed by atoms with Crippen LogP contribution in [0.5, 0.6) is 0 Å². The molecule has 2 aromatic rings. The van der Waals surface area contributed by atoms with Crippen LogP contribution in [0.2, 0.25) is 0 Å². The second-order valence-corrected chi connectivity index (χ2v) is 8.69. The molecular formula is C21H27N3O2S. The van der Waals surface area contributed by atoms with Crippen LogP contribution in [0, 0.1) is 5.92 Å². The number of hydrogen-bond acceptors (Lipinski definition) is 5. The van der Waals surface area contributed by atoms with Gasteiger partial charge in [0.1, 0.15) is 5.01 Å². The third-order valence-electron chi connectivity index (χ3n) is 5.72. The minimum atomic E-state index is -0.639. The second kappa shape index (κ2) is 8.50. The van der Waals surface area contributed by atoms with E-state index < -0.39 is 5.97 Å². The van der Waals surface area contributed by atoms with Gasteiger partial charge in [0.2, 0.25) is 0 Å². The summed E-state index contributed by atoms with van der Waals surface area (Å²) >= 11 is 1.83. The lowest BCUT2D eigenvalue weighted by atomic mass is 9.86. The summed E-state index contributed by atoms with van der Waals surface area (Å²) in [6, 6.07) is 9.14. The van der Waals surface area contributed by atoms with Crippen molar-refractivity contribution < 1.29 is 9.90 Å². The number of carbonyl (C=O) groups is 1.